The first-order valence-corrected chi connectivity index (χ1v) is 9.41. The zero-order chi connectivity index (χ0) is 21.5. The molecule has 1 saturated carbocycles. The zero-order valence-corrected chi connectivity index (χ0v) is 15.6. The number of nitrogens with zero attached hydrogens (tertiary/aromatic N) is 3. The summed E-state index contributed by atoms with van der Waals surface area (Å²) < 4.78 is 52.8. The molecule has 0 spiro atoms. The number of aromatic nitrogens is 3. The normalized spacial score (nSPS) is 19.8. The van der Waals surface area contributed by atoms with Crippen LogP contribution in [0.15, 0.2) is 30.6 Å². The topological polar surface area (TPSA) is 91.2 Å². The summed E-state index contributed by atoms with van der Waals surface area (Å²) in [6, 6.07) is 2.26. The Morgan fingerprint density at radius 3 is 2.57 bits per heavy atom. The Kier molecular flexibility index (Phi) is 5.19. The Labute approximate surface area is 168 Å². The van der Waals surface area contributed by atoms with Crippen LogP contribution in [-0.2, 0) is 6.18 Å². The van der Waals surface area contributed by atoms with Gasteiger partial charge in [0.05, 0.1) is 17.7 Å². The van der Waals surface area contributed by atoms with Gasteiger partial charge in [0.25, 0.3) is 0 Å². The Balaban J connectivity index is 1.80. The number of rotatable bonds is 3. The standard InChI is InChI=1S/C20H18F4N4O2/c21-14-7-11(17(30)8-13(14)20(22,23)24)18-10-5-6-25-9-12(10)19(28-27-18)26-15-3-1-2-4-16(15)29/h5-9,15-16,29-30H,1-4H2,(H,26,28). The van der Waals surface area contributed by atoms with Gasteiger partial charge in [-0.25, -0.2) is 4.39 Å². The largest absolute Gasteiger partial charge is 0.507 e. The van der Waals surface area contributed by atoms with Crippen molar-refractivity contribution in [3.8, 4) is 17.0 Å². The Hall–Kier alpha value is -3.01. The van der Waals surface area contributed by atoms with E-state index in [1.807, 2.05) is 0 Å². The predicted octanol–water partition coefficient (Wildman–Crippen LogP) is 4.27. The van der Waals surface area contributed by atoms with Crippen LogP contribution in [0.5, 0.6) is 5.75 Å². The highest BCUT2D eigenvalue weighted by Gasteiger charge is 2.35. The average Bonchev–Trinajstić information content (AvgIpc) is 2.71. The van der Waals surface area contributed by atoms with Crippen molar-refractivity contribution < 1.29 is 27.8 Å². The number of aliphatic hydroxyl groups excluding tert-OH is 1. The molecule has 1 aliphatic rings. The molecule has 0 radical (unpaired) electrons. The van der Waals surface area contributed by atoms with Crippen LogP contribution in [0, 0.1) is 5.82 Å². The lowest BCUT2D eigenvalue weighted by Crippen LogP contribution is -2.36. The summed E-state index contributed by atoms with van der Waals surface area (Å²) in [5.74, 6) is -1.94. The molecule has 1 aliphatic carbocycles. The second-order valence-corrected chi connectivity index (χ2v) is 7.27. The molecule has 2 unspecified atom stereocenters. The van der Waals surface area contributed by atoms with E-state index in [1.165, 1.54) is 12.4 Å². The first-order valence-electron chi connectivity index (χ1n) is 9.41. The number of anilines is 1. The van der Waals surface area contributed by atoms with Gasteiger partial charge in [0, 0.05) is 28.7 Å². The average molecular weight is 422 g/mol. The van der Waals surface area contributed by atoms with Gasteiger partial charge in [0.15, 0.2) is 5.82 Å². The Morgan fingerprint density at radius 1 is 1.07 bits per heavy atom. The molecule has 3 aromatic rings. The first-order chi connectivity index (χ1) is 14.3. The smallest absolute Gasteiger partial charge is 0.419 e. The summed E-state index contributed by atoms with van der Waals surface area (Å²) >= 11 is 0. The number of aliphatic hydroxyl groups is 1. The number of pyridine rings is 1. The third-order valence-corrected chi connectivity index (χ3v) is 5.28. The Morgan fingerprint density at radius 2 is 1.83 bits per heavy atom. The van der Waals surface area contributed by atoms with Crippen LogP contribution in [0.25, 0.3) is 22.0 Å². The van der Waals surface area contributed by atoms with Gasteiger partial charge in [-0.2, -0.15) is 13.2 Å². The van der Waals surface area contributed by atoms with Crippen LogP contribution < -0.4 is 5.32 Å². The molecule has 4 rings (SSSR count). The minimum atomic E-state index is -4.94. The number of hydrogen-bond acceptors (Lipinski definition) is 6. The fourth-order valence-electron chi connectivity index (χ4n) is 3.73. The van der Waals surface area contributed by atoms with Gasteiger partial charge >= 0.3 is 6.18 Å². The van der Waals surface area contributed by atoms with E-state index in [0.29, 0.717) is 35.1 Å². The summed E-state index contributed by atoms with van der Waals surface area (Å²) in [7, 11) is 0. The van der Waals surface area contributed by atoms with Crippen molar-refractivity contribution in [3.63, 3.8) is 0 Å². The fraction of sp³-hybridized carbons (Fsp3) is 0.350. The maximum absolute atomic E-state index is 14.1. The van der Waals surface area contributed by atoms with E-state index in [2.05, 4.69) is 20.5 Å². The molecular formula is C20H18F4N4O2. The van der Waals surface area contributed by atoms with E-state index >= 15 is 0 Å². The molecule has 0 amide bonds. The third kappa shape index (κ3) is 3.74. The number of phenols is 1. The van der Waals surface area contributed by atoms with Gasteiger partial charge in [0.1, 0.15) is 17.3 Å². The summed E-state index contributed by atoms with van der Waals surface area (Å²) in [5.41, 5.74) is -1.76. The molecule has 6 nitrogen and oxygen atoms in total. The predicted molar refractivity (Wildman–Crippen MR) is 101 cm³/mol. The van der Waals surface area contributed by atoms with Crippen molar-refractivity contribution in [2.24, 2.45) is 0 Å². The molecule has 10 heteroatoms. The minimum Gasteiger partial charge on any atom is -0.507 e. The molecule has 2 aromatic heterocycles. The number of alkyl halides is 3. The second-order valence-electron chi connectivity index (χ2n) is 7.27. The van der Waals surface area contributed by atoms with Gasteiger partial charge in [0.2, 0.25) is 0 Å². The third-order valence-electron chi connectivity index (χ3n) is 5.28. The van der Waals surface area contributed by atoms with Crippen molar-refractivity contribution in [1.82, 2.24) is 15.2 Å². The number of hydrogen-bond donors (Lipinski definition) is 3. The summed E-state index contributed by atoms with van der Waals surface area (Å²) in [4.78, 5) is 4.05. The number of halogens is 4. The van der Waals surface area contributed by atoms with Crippen LogP contribution in [0.1, 0.15) is 31.2 Å². The van der Waals surface area contributed by atoms with Crippen LogP contribution in [0.4, 0.5) is 23.4 Å². The summed E-state index contributed by atoms with van der Waals surface area (Å²) in [6.07, 6.45) is 0.759. The summed E-state index contributed by atoms with van der Waals surface area (Å²) in [6.45, 7) is 0. The van der Waals surface area contributed by atoms with Gasteiger partial charge in [-0.05, 0) is 31.0 Å². The molecule has 158 valence electrons. The van der Waals surface area contributed by atoms with E-state index in [9.17, 15) is 27.8 Å². The van der Waals surface area contributed by atoms with Crippen LogP contribution >= 0.6 is 0 Å². The maximum Gasteiger partial charge on any atom is 0.419 e. The van der Waals surface area contributed by atoms with Crippen LogP contribution in [0.2, 0.25) is 0 Å². The lowest BCUT2D eigenvalue weighted by Gasteiger charge is -2.29. The molecule has 2 heterocycles. The lowest BCUT2D eigenvalue weighted by atomic mass is 9.92. The van der Waals surface area contributed by atoms with E-state index < -0.39 is 29.4 Å². The highest BCUT2D eigenvalue weighted by atomic mass is 19.4. The van der Waals surface area contributed by atoms with Crippen molar-refractivity contribution >= 4 is 16.6 Å². The quantitative estimate of drug-likeness (QED) is 0.546. The molecule has 1 aromatic carbocycles. The van der Waals surface area contributed by atoms with Crippen LogP contribution in [0.3, 0.4) is 0 Å². The second kappa shape index (κ2) is 7.67. The molecule has 1 fully saturated rings. The van der Waals surface area contributed by atoms with E-state index in [4.69, 9.17) is 0 Å². The van der Waals surface area contributed by atoms with Crippen molar-refractivity contribution in [2.75, 3.05) is 5.32 Å². The molecule has 30 heavy (non-hydrogen) atoms. The highest BCUT2D eigenvalue weighted by molar-refractivity contribution is 6.00. The van der Waals surface area contributed by atoms with Gasteiger partial charge in [-0.15, -0.1) is 10.2 Å². The van der Waals surface area contributed by atoms with E-state index in [-0.39, 0.29) is 17.3 Å². The highest BCUT2D eigenvalue weighted by Crippen LogP contribution is 2.40. The summed E-state index contributed by atoms with van der Waals surface area (Å²) in [5, 5.41) is 32.5. The fourth-order valence-corrected chi connectivity index (χ4v) is 3.73. The van der Waals surface area contributed by atoms with Crippen molar-refractivity contribution in [1.29, 1.82) is 0 Å². The molecule has 0 bridgehead atoms. The monoisotopic (exact) mass is 422 g/mol. The van der Waals surface area contributed by atoms with Gasteiger partial charge in [-0.1, -0.05) is 12.8 Å². The number of benzene rings is 1. The Bertz CT molecular complexity index is 1090. The number of fused-ring (bicyclic) bond motifs is 1. The van der Waals surface area contributed by atoms with Gasteiger partial charge < -0.3 is 15.5 Å². The molecule has 2 atom stereocenters. The molecule has 0 aliphatic heterocycles. The number of nitrogens with one attached hydrogen (secondary N) is 1. The van der Waals surface area contributed by atoms with E-state index in [1.54, 1.807) is 6.07 Å². The van der Waals surface area contributed by atoms with Gasteiger partial charge in [-0.3, -0.25) is 4.98 Å². The van der Waals surface area contributed by atoms with Crippen molar-refractivity contribution in [3.05, 3.63) is 42.0 Å². The zero-order valence-electron chi connectivity index (χ0n) is 15.6. The molecular weight excluding hydrogens is 404 g/mol. The SMILES string of the molecule is Oc1cc(C(F)(F)F)c(F)cc1-c1nnc(NC2CCCCC2O)c2cnccc12. The van der Waals surface area contributed by atoms with Crippen LogP contribution in [-0.4, -0.2) is 37.5 Å². The molecule has 3 N–H and O–H groups in total. The first kappa shape index (κ1) is 20.3. The van der Waals surface area contributed by atoms with Crippen molar-refractivity contribution in [2.45, 2.75) is 44.0 Å². The van der Waals surface area contributed by atoms with E-state index in [0.717, 1.165) is 19.3 Å². The maximum atomic E-state index is 14.1. The minimum absolute atomic E-state index is 0.0206. The molecule has 0 saturated heterocycles. The number of phenolic OH excluding ortho intramolecular Hbond substituents is 1. The lowest BCUT2D eigenvalue weighted by molar-refractivity contribution is -0.140. The number of aromatic hydroxyl groups is 1.